The number of aliphatic hydroxyl groups is 1. The maximum atomic E-state index is 14.2. The normalized spacial score (nSPS) is 24.5. The van der Waals surface area contributed by atoms with Crippen LogP contribution in [0, 0.1) is 23.7 Å². The Labute approximate surface area is 234 Å². The number of hydrogen-bond acceptors (Lipinski definition) is 5. The van der Waals surface area contributed by atoms with Crippen molar-refractivity contribution in [3.63, 3.8) is 0 Å². The van der Waals surface area contributed by atoms with E-state index in [9.17, 15) is 19.5 Å². The van der Waals surface area contributed by atoms with Gasteiger partial charge in [0, 0.05) is 11.6 Å². The summed E-state index contributed by atoms with van der Waals surface area (Å²) in [6, 6.07) is 21.7. The largest absolute Gasteiger partial charge is 0.466 e. The first kappa shape index (κ1) is 27.6. The van der Waals surface area contributed by atoms with E-state index in [0.29, 0.717) is 18.5 Å². The van der Waals surface area contributed by atoms with Crippen molar-refractivity contribution < 1.29 is 24.2 Å². The second-order valence-electron chi connectivity index (χ2n) is 10.6. The van der Waals surface area contributed by atoms with Crippen LogP contribution in [0.5, 0.6) is 0 Å². The number of rotatable bonds is 9. The molecule has 0 spiro atoms. The first-order valence-corrected chi connectivity index (χ1v) is 14.1. The average molecular weight is 541 g/mol. The molecule has 7 heteroatoms. The first-order chi connectivity index (χ1) is 19.5. The third-order valence-corrected chi connectivity index (χ3v) is 8.28. The second kappa shape index (κ2) is 12.0. The van der Waals surface area contributed by atoms with Gasteiger partial charge >= 0.3 is 5.97 Å². The zero-order chi connectivity index (χ0) is 28.2. The number of hydrogen-bond donors (Lipinski definition) is 2. The molecule has 0 radical (unpaired) electrons. The molecule has 1 saturated heterocycles. The number of amides is 2. The van der Waals surface area contributed by atoms with Gasteiger partial charge in [-0.15, -0.1) is 0 Å². The summed E-state index contributed by atoms with van der Waals surface area (Å²) in [5.41, 5.74) is 1.57. The van der Waals surface area contributed by atoms with Gasteiger partial charge in [0.1, 0.15) is 6.04 Å². The fraction of sp³-hybridized carbons (Fsp3) is 0.364. The van der Waals surface area contributed by atoms with Crippen LogP contribution in [-0.4, -0.2) is 53.1 Å². The lowest BCUT2D eigenvalue weighted by atomic mass is 9.69. The molecule has 208 valence electrons. The van der Waals surface area contributed by atoms with Crippen molar-refractivity contribution in [2.24, 2.45) is 23.7 Å². The molecule has 2 amide bonds. The lowest BCUT2D eigenvalue weighted by Gasteiger charge is -2.34. The Hall–Kier alpha value is -3.97. The van der Waals surface area contributed by atoms with Crippen LogP contribution in [0.2, 0.25) is 0 Å². The van der Waals surface area contributed by atoms with Crippen LogP contribution >= 0.6 is 0 Å². The zero-order valence-electron chi connectivity index (χ0n) is 22.9. The smallest absolute Gasteiger partial charge is 0.310 e. The van der Waals surface area contributed by atoms with Crippen LogP contribution < -0.4 is 5.32 Å². The summed E-state index contributed by atoms with van der Waals surface area (Å²) in [4.78, 5) is 43.0. The Kier molecular flexibility index (Phi) is 8.31. The monoisotopic (exact) mass is 540 g/mol. The fourth-order valence-corrected chi connectivity index (χ4v) is 6.41. The van der Waals surface area contributed by atoms with E-state index in [1.807, 2.05) is 91.9 Å². The number of carbonyl (C=O) groups excluding carboxylic acids is 3. The van der Waals surface area contributed by atoms with E-state index >= 15 is 0 Å². The predicted molar refractivity (Wildman–Crippen MR) is 154 cm³/mol. The number of benzene rings is 3. The highest BCUT2D eigenvalue weighted by Crippen LogP contribution is 2.46. The van der Waals surface area contributed by atoms with E-state index in [4.69, 9.17) is 4.74 Å². The average Bonchev–Trinajstić information content (AvgIpc) is 3.28. The van der Waals surface area contributed by atoms with Crippen molar-refractivity contribution in [1.29, 1.82) is 0 Å². The molecule has 3 aromatic rings. The van der Waals surface area contributed by atoms with Gasteiger partial charge in [-0.3, -0.25) is 14.4 Å². The third kappa shape index (κ3) is 5.26. The minimum atomic E-state index is -0.893. The van der Waals surface area contributed by atoms with Crippen molar-refractivity contribution in [3.8, 4) is 0 Å². The molecule has 7 nitrogen and oxygen atoms in total. The SMILES string of the molecule is CCOC(=O)[C@H]1[C@@H]2C(=O)N([C@@H](CO)Cc3ccccc3)[C@H](C(=O)Nc3ccc4ccccc4c3)[C@H]2C=C[C@H]1CC. The van der Waals surface area contributed by atoms with Gasteiger partial charge in [0.05, 0.1) is 31.1 Å². The molecule has 0 saturated carbocycles. The van der Waals surface area contributed by atoms with Gasteiger partial charge < -0.3 is 20.1 Å². The number of carbonyl (C=O) groups is 3. The molecule has 1 fully saturated rings. The van der Waals surface area contributed by atoms with Crippen molar-refractivity contribution in [2.45, 2.75) is 38.8 Å². The summed E-state index contributed by atoms with van der Waals surface area (Å²) in [6.45, 7) is 3.63. The highest BCUT2D eigenvalue weighted by molar-refractivity contribution is 6.02. The molecule has 0 aromatic heterocycles. The number of allylic oxidation sites excluding steroid dienone is 1. The number of nitrogens with zero attached hydrogens (tertiary/aromatic N) is 1. The van der Waals surface area contributed by atoms with Gasteiger partial charge in [-0.25, -0.2) is 0 Å². The van der Waals surface area contributed by atoms with E-state index in [1.54, 1.807) is 6.92 Å². The lowest BCUT2D eigenvalue weighted by Crippen LogP contribution is -2.51. The molecule has 1 aliphatic heterocycles. The van der Waals surface area contributed by atoms with Gasteiger partial charge in [-0.2, -0.15) is 0 Å². The van der Waals surface area contributed by atoms with E-state index in [-0.39, 0.29) is 30.9 Å². The Balaban J connectivity index is 1.53. The summed E-state index contributed by atoms with van der Waals surface area (Å²) in [5.74, 6) is -3.19. The van der Waals surface area contributed by atoms with Gasteiger partial charge in [0.25, 0.3) is 0 Å². The Morgan fingerprint density at radius 2 is 1.70 bits per heavy atom. The van der Waals surface area contributed by atoms with Crippen LogP contribution in [0.4, 0.5) is 5.69 Å². The number of aliphatic hydroxyl groups excluding tert-OH is 1. The number of anilines is 1. The minimum Gasteiger partial charge on any atom is -0.466 e. The molecule has 40 heavy (non-hydrogen) atoms. The summed E-state index contributed by atoms with van der Waals surface area (Å²) in [7, 11) is 0. The van der Waals surface area contributed by atoms with Crippen LogP contribution in [-0.2, 0) is 25.5 Å². The number of nitrogens with one attached hydrogen (secondary N) is 1. The minimum absolute atomic E-state index is 0.171. The van der Waals surface area contributed by atoms with E-state index in [2.05, 4.69) is 5.32 Å². The van der Waals surface area contributed by atoms with Crippen molar-refractivity contribution >= 4 is 34.2 Å². The molecule has 1 heterocycles. The summed E-state index contributed by atoms with van der Waals surface area (Å²) < 4.78 is 5.43. The van der Waals surface area contributed by atoms with E-state index < -0.39 is 35.8 Å². The Morgan fingerprint density at radius 3 is 2.40 bits per heavy atom. The molecule has 0 unspecified atom stereocenters. The summed E-state index contributed by atoms with van der Waals surface area (Å²) in [5, 5.41) is 15.6. The molecule has 2 N–H and O–H groups in total. The van der Waals surface area contributed by atoms with Crippen molar-refractivity contribution in [1.82, 2.24) is 4.90 Å². The van der Waals surface area contributed by atoms with Crippen LogP contribution in [0.25, 0.3) is 10.8 Å². The van der Waals surface area contributed by atoms with Gasteiger partial charge in [0.2, 0.25) is 11.8 Å². The second-order valence-corrected chi connectivity index (χ2v) is 10.6. The Bertz CT molecular complexity index is 1400. The lowest BCUT2D eigenvalue weighted by molar-refractivity contribution is -0.156. The molecular weight excluding hydrogens is 504 g/mol. The summed E-state index contributed by atoms with van der Waals surface area (Å²) >= 11 is 0. The highest BCUT2D eigenvalue weighted by Gasteiger charge is 2.58. The van der Waals surface area contributed by atoms with E-state index in [0.717, 1.165) is 16.3 Å². The molecular formula is C33H36N2O5. The maximum Gasteiger partial charge on any atom is 0.310 e. The number of ether oxygens (including phenoxy) is 1. The fourth-order valence-electron chi connectivity index (χ4n) is 6.41. The highest BCUT2D eigenvalue weighted by atomic mass is 16.5. The topological polar surface area (TPSA) is 95.9 Å². The van der Waals surface area contributed by atoms with Gasteiger partial charge in [0.15, 0.2) is 0 Å². The molecule has 1 aliphatic carbocycles. The molecule has 0 bridgehead atoms. The standard InChI is InChI=1S/C33H36N2O5/c1-3-22-15-17-27-29(28(22)33(39)40-4-2)32(38)35(26(20-36)18-21-10-6-5-7-11-21)30(27)31(37)34-25-16-14-23-12-8-9-13-24(23)19-25/h5-17,19,22,26-30,36H,3-4,18,20H2,1-2H3,(H,34,37)/t22-,26-,27+,28-,29-,30+/m1/s1. The van der Waals surface area contributed by atoms with Crippen LogP contribution in [0.15, 0.2) is 84.9 Å². The van der Waals surface area contributed by atoms with Crippen molar-refractivity contribution in [3.05, 3.63) is 90.5 Å². The van der Waals surface area contributed by atoms with Gasteiger partial charge in [-0.1, -0.05) is 79.7 Å². The number of fused-ring (bicyclic) bond motifs is 2. The van der Waals surface area contributed by atoms with E-state index in [1.165, 1.54) is 4.90 Å². The van der Waals surface area contributed by atoms with Crippen molar-refractivity contribution in [2.75, 3.05) is 18.5 Å². The molecule has 5 rings (SSSR count). The van der Waals surface area contributed by atoms with Crippen LogP contribution in [0.3, 0.4) is 0 Å². The Morgan fingerprint density at radius 1 is 0.975 bits per heavy atom. The number of likely N-dealkylation sites (tertiary alicyclic amines) is 1. The van der Waals surface area contributed by atoms with Crippen LogP contribution in [0.1, 0.15) is 25.8 Å². The maximum absolute atomic E-state index is 14.2. The zero-order valence-corrected chi connectivity index (χ0v) is 22.9. The number of esters is 1. The first-order valence-electron chi connectivity index (χ1n) is 14.1. The molecule has 6 atom stereocenters. The third-order valence-electron chi connectivity index (χ3n) is 8.28. The quantitative estimate of drug-likeness (QED) is 0.306. The predicted octanol–water partition coefficient (Wildman–Crippen LogP) is 4.60. The molecule has 2 aliphatic rings. The van der Waals surface area contributed by atoms with Gasteiger partial charge in [-0.05, 0) is 54.2 Å². The summed E-state index contributed by atoms with van der Waals surface area (Å²) in [6.07, 6.45) is 4.93. The molecule has 3 aromatic carbocycles.